The van der Waals surface area contributed by atoms with Crippen LogP contribution in [0.5, 0.6) is 11.5 Å². The molecule has 8 nitrogen and oxygen atoms in total. The van der Waals surface area contributed by atoms with Crippen LogP contribution in [0.15, 0.2) is 58.1 Å². The summed E-state index contributed by atoms with van der Waals surface area (Å²) in [5, 5.41) is 0.487. The molecule has 8 heteroatoms. The lowest BCUT2D eigenvalue weighted by molar-refractivity contribution is -0.00714. The second-order valence-electron chi connectivity index (χ2n) is 9.51. The topological polar surface area (TPSA) is 76.6 Å². The highest BCUT2D eigenvalue weighted by Gasteiger charge is 2.40. The van der Waals surface area contributed by atoms with E-state index in [4.69, 9.17) is 14.2 Å². The third kappa shape index (κ3) is 3.39. The van der Waals surface area contributed by atoms with Gasteiger partial charge in [0.05, 0.1) is 48.7 Å². The van der Waals surface area contributed by atoms with Crippen LogP contribution < -0.4 is 20.7 Å². The zero-order valence-corrected chi connectivity index (χ0v) is 20.8. The number of hydrogen-bond donors (Lipinski definition) is 0. The summed E-state index contributed by atoms with van der Waals surface area (Å²) < 4.78 is 22.1. The molecule has 0 radical (unpaired) electrons. The molecule has 1 aliphatic rings. The van der Waals surface area contributed by atoms with Crippen LogP contribution in [0, 0.1) is 0 Å². The van der Waals surface area contributed by atoms with E-state index in [1.54, 1.807) is 25.8 Å². The number of rotatable bonds is 4. The summed E-state index contributed by atoms with van der Waals surface area (Å²) in [7, 11) is 6.46. The first kappa shape index (κ1) is 23.0. The van der Waals surface area contributed by atoms with E-state index in [2.05, 4.69) is 18.4 Å². The molecular formula is C27H29N3O5. The molecule has 35 heavy (non-hydrogen) atoms. The van der Waals surface area contributed by atoms with E-state index in [1.807, 2.05) is 48.5 Å². The summed E-state index contributed by atoms with van der Waals surface area (Å²) in [5.41, 5.74) is 2.64. The van der Waals surface area contributed by atoms with Crippen molar-refractivity contribution >= 4 is 10.9 Å². The van der Waals surface area contributed by atoms with Gasteiger partial charge in [-0.25, -0.2) is 4.79 Å². The molecule has 1 aliphatic heterocycles. The largest absolute Gasteiger partial charge is 0.497 e. The Morgan fingerprint density at radius 3 is 2.29 bits per heavy atom. The predicted octanol–water partition coefficient (Wildman–Crippen LogP) is 3.58. The van der Waals surface area contributed by atoms with Crippen molar-refractivity contribution in [1.29, 1.82) is 0 Å². The smallest absolute Gasteiger partial charge is 0.331 e. The van der Waals surface area contributed by atoms with Gasteiger partial charge in [0, 0.05) is 14.1 Å². The van der Waals surface area contributed by atoms with Gasteiger partial charge in [-0.05, 0) is 61.4 Å². The van der Waals surface area contributed by atoms with Gasteiger partial charge in [0.1, 0.15) is 17.6 Å². The molecule has 0 saturated carbocycles. The highest BCUT2D eigenvalue weighted by atomic mass is 16.5. The lowest BCUT2D eigenvalue weighted by Gasteiger charge is -2.39. The minimum atomic E-state index is -0.495. The quantitative estimate of drug-likeness (QED) is 0.451. The second kappa shape index (κ2) is 8.16. The number of ether oxygens (including phenoxy) is 3. The van der Waals surface area contributed by atoms with E-state index in [0.717, 1.165) is 32.8 Å². The van der Waals surface area contributed by atoms with Gasteiger partial charge in [-0.15, -0.1) is 0 Å². The fourth-order valence-corrected chi connectivity index (χ4v) is 5.08. The van der Waals surface area contributed by atoms with Crippen LogP contribution >= 0.6 is 0 Å². The van der Waals surface area contributed by atoms with E-state index < -0.39 is 11.6 Å². The minimum Gasteiger partial charge on any atom is -0.497 e. The molecule has 2 aromatic heterocycles. The minimum absolute atomic E-state index is 0.337. The van der Waals surface area contributed by atoms with Gasteiger partial charge in [-0.2, -0.15) is 0 Å². The number of methoxy groups -OCH3 is 2. The van der Waals surface area contributed by atoms with Crippen molar-refractivity contribution in [2.45, 2.75) is 25.5 Å². The highest BCUT2D eigenvalue weighted by Crippen LogP contribution is 2.45. The van der Waals surface area contributed by atoms with Gasteiger partial charge in [0.2, 0.25) is 0 Å². The summed E-state index contributed by atoms with van der Waals surface area (Å²) in [6.07, 6.45) is -0.495. The summed E-state index contributed by atoms with van der Waals surface area (Å²) in [5.74, 6) is 1.43. The van der Waals surface area contributed by atoms with Crippen molar-refractivity contribution in [2.75, 3.05) is 20.8 Å². The second-order valence-corrected chi connectivity index (χ2v) is 9.51. The van der Waals surface area contributed by atoms with Crippen molar-refractivity contribution in [3.05, 3.63) is 80.6 Å². The fourth-order valence-electron chi connectivity index (χ4n) is 5.08. The molecule has 0 N–H and O–H groups in total. The Morgan fingerprint density at radius 1 is 0.943 bits per heavy atom. The van der Waals surface area contributed by atoms with Crippen LogP contribution in [0.4, 0.5) is 0 Å². The molecule has 0 aliphatic carbocycles. The Bertz CT molecular complexity index is 1560. The maximum atomic E-state index is 13.6. The first-order chi connectivity index (χ1) is 16.7. The summed E-state index contributed by atoms with van der Waals surface area (Å²) >= 11 is 0. The van der Waals surface area contributed by atoms with Crippen molar-refractivity contribution in [2.24, 2.45) is 14.1 Å². The molecular weight excluding hydrogens is 446 g/mol. The van der Waals surface area contributed by atoms with E-state index >= 15 is 0 Å². The lowest BCUT2D eigenvalue weighted by atomic mass is 9.98. The zero-order chi connectivity index (χ0) is 25.1. The lowest BCUT2D eigenvalue weighted by Crippen LogP contribution is -2.40. The van der Waals surface area contributed by atoms with Gasteiger partial charge in [0.15, 0.2) is 0 Å². The molecule has 0 unspecified atom stereocenters. The first-order valence-corrected chi connectivity index (χ1v) is 11.4. The molecule has 0 saturated heterocycles. The third-order valence-corrected chi connectivity index (χ3v) is 6.83. The van der Waals surface area contributed by atoms with Crippen LogP contribution in [0.3, 0.4) is 0 Å². The summed E-state index contributed by atoms with van der Waals surface area (Å²) in [4.78, 5) is 26.7. The number of hydrogen-bond acceptors (Lipinski definition) is 5. The average Bonchev–Trinajstić information content (AvgIpc) is 3.24. The molecule has 0 spiro atoms. The van der Waals surface area contributed by atoms with E-state index in [-0.39, 0.29) is 11.2 Å². The molecule has 2 aromatic carbocycles. The molecule has 3 heterocycles. The van der Waals surface area contributed by atoms with Crippen molar-refractivity contribution < 1.29 is 14.2 Å². The van der Waals surface area contributed by atoms with E-state index in [1.165, 1.54) is 7.05 Å². The summed E-state index contributed by atoms with van der Waals surface area (Å²) in [6.45, 7) is 4.57. The van der Waals surface area contributed by atoms with Crippen LogP contribution in [0.25, 0.3) is 22.2 Å². The van der Waals surface area contributed by atoms with Crippen LogP contribution in [-0.4, -0.2) is 34.5 Å². The molecule has 182 valence electrons. The number of aromatic nitrogens is 3. The van der Waals surface area contributed by atoms with Crippen molar-refractivity contribution in [1.82, 2.24) is 13.7 Å². The molecule has 0 amide bonds. The maximum absolute atomic E-state index is 13.6. The molecule has 1 atom stereocenters. The maximum Gasteiger partial charge on any atom is 0.331 e. The van der Waals surface area contributed by atoms with Gasteiger partial charge in [-0.3, -0.25) is 13.9 Å². The normalized spacial score (nSPS) is 16.8. The predicted molar refractivity (Wildman–Crippen MR) is 135 cm³/mol. The van der Waals surface area contributed by atoms with E-state index in [9.17, 15) is 9.59 Å². The Labute approximate surface area is 202 Å². The Kier molecular flexibility index (Phi) is 5.36. The van der Waals surface area contributed by atoms with Gasteiger partial charge in [-0.1, -0.05) is 12.1 Å². The highest BCUT2D eigenvalue weighted by molar-refractivity contribution is 5.97. The SMILES string of the molecule is COc1ccc(-c2c3c(=O)n(C)c(=O)n(C)c3c3n2C(C)(C)CO[C@H]3c2cccc(OC)c2)cc1. The Hall–Kier alpha value is -3.78. The number of fused-ring (bicyclic) bond motifs is 3. The number of benzene rings is 2. The van der Waals surface area contributed by atoms with Crippen LogP contribution in [-0.2, 0) is 24.4 Å². The monoisotopic (exact) mass is 475 g/mol. The Balaban J connectivity index is 1.96. The van der Waals surface area contributed by atoms with Gasteiger partial charge >= 0.3 is 5.69 Å². The summed E-state index contributed by atoms with van der Waals surface area (Å²) in [6, 6.07) is 15.3. The van der Waals surface area contributed by atoms with Crippen LogP contribution in [0.1, 0.15) is 31.2 Å². The van der Waals surface area contributed by atoms with E-state index in [0.29, 0.717) is 23.3 Å². The molecule has 5 rings (SSSR count). The van der Waals surface area contributed by atoms with Gasteiger partial charge in [0.25, 0.3) is 5.56 Å². The Morgan fingerprint density at radius 2 is 1.63 bits per heavy atom. The van der Waals surface area contributed by atoms with Gasteiger partial charge < -0.3 is 18.8 Å². The standard InChI is InChI=1S/C27H29N3O5/c1-27(2)15-35-24(17-8-7-9-19(14-17)34-6)23-22-20(25(31)29(4)26(32)28(22)3)21(30(23)27)16-10-12-18(33-5)13-11-16/h7-14,24H,15H2,1-6H3/t24-/m0/s1. The average molecular weight is 476 g/mol. The van der Waals surface area contributed by atoms with Crippen LogP contribution in [0.2, 0.25) is 0 Å². The number of aryl methyl sites for hydroxylation is 1. The molecule has 0 fully saturated rings. The first-order valence-electron chi connectivity index (χ1n) is 11.4. The zero-order valence-electron chi connectivity index (χ0n) is 20.8. The molecule has 0 bridgehead atoms. The fraction of sp³-hybridized carbons (Fsp3) is 0.333. The van der Waals surface area contributed by atoms with Crippen molar-refractivity contribution in [3.63, 3.8) is 0 Å². The van der Waals surface area contributed by atoms with Crippen molar-refractivity contribution in [3.8, 4) is 22.8 Å². The molecule has 4 aromatic rings. The third-order valence-electron chi connectivity index (χ3n) is 6.83. The number of nitrogens with zero attached hydrogens (tertiary/aromatic N) is 3.